The molecule has 2 amide bonds. The zero-order valence-corrected chi connectivity index (χ0v) is 14.8. The van der Waals surface area contributed by atoms with Gasteiger partial charge in [0.05, 0.1) is 5.92 Å². The van der Waals surface area contributed by atoms with E-state index >= 15 is 0 Å². The van der Waals surface area contributed by atoms with E-state index in [2.05, 4.69) is 37.2 Å². The van der Waals surface area contributed by atoms with Crippen LogP contribution in [0.1, 0.15) is 46.5 Å². The number of urea groups is 1. The summed E-state index contributed by atoms with van der Waals surface area (Å²) in [6.07, 6.45) is 13.3. The SMILES string of the molecule is CC(C)(C)C1=CC=C(O)C(/C=N/C2CCC(NC(N)=O)CC2)C=C1. The Morgan fingerprint density at radius 2 is 1.96 bits per heavy atom. The first kappa shape index (κ1) is 18.3. The highest BCUT2D eigenvalue weighted by molar-refractivity contribution is 5.72. The van der Waals surface area contributed by atoms with E-state index in [1.54, 1.807) is 6.08 Å². The predicted molar refractivity (Wildman–Crippen MR) is 98.1 cm³/mol. The molecule has 1 atom stereocenters. The average molecular weight is 331 g/mol. The molecule has 1 saturated carbocycles. The molecule has 0 aliphatic heterocycles. The Hall–Kier alpha value is -2.04. The number of aliphatic hydroxyl groups excluding tert-OH is 1. The normalized spacial score (nSPS) is 28.2. The quantitative estimate of drug-likeness (QED) is 0.689. The van der Waals surface area contributed by atoms with Crippen molar-refractivity contribution in [2.24, 2.45) is 22.1 Å². The van der Waals surface area contributed by atoms with E-state index < -0.39 is 6.03 Å². The molecule has 5 heteroatoms. The number of hydrogen-bond acceptors (Lipinski definition) is 3. The van der Waals surface area contributed by atoms with Crippen molar-refractivity contribution >= 4 is 12.2 Å². The monoisotopic (exact) mass is 331 g/mol. The molecule has 0 aromatic rings. The summed E-state index contributed by atoms with van der Waals surface area (Å²) in [5.74, 6) is 0.140. The number of nitrogens with one attached hydrogen (secondary N) is 1. The van der Waals surface area contributed by atoms with Gasteiger partial charge >= 0.3 is 6.03 Å². The van der Waals surface area contributed by atoms with Crippen LogP contribution in [0, 0.1) is 11.3 Å². The number of aliphatic imine (C=N–C) groups is 1. The Bertz CT molecular complexity index is 574. The lowest BCUT2D eigenvalue weighted by molar-refractivity contribution is 0.239. The van der Waals surface area contributed by atoms with Gasteiger partial charge in [0.25, 0.3) is 0 Å². The molecule has 0 saturated heterocycles. The van der Waals surface area contributed by atoms with E-state index in [0.29, 0.717) is 5.76 Å². The highest BCUT2D eigenvalue weighted by atomic mass is 16.3. The number of amides is 2. The highest BCUT2D eigenvalue weighted by Crippen LogP contribution is 2.29. The van der Waals surface area contributed by atoms with Gasteiger partial charge in [-0.2, -0.15) is 0 Å². The maximum atomic E-state index is 10.9. The lowest BCUT2D eigenvalue weighted by atomic mass is 9.86. The van der Waals surface area contributed by atoms with Crippen LogP contribution in [0.3, 0.4) is 0 Å². The van der Waals surface area contributed by atoms with Crippen LogP contribution in [0.2, 0.25) is 0 Å². The first-order chi connectivity index (χ1) is 11.3. The minimum atomic E-state index is -0.456. The fourth-order valence-electron chi connectivity index (χ4n) is 3.06. The minimum Gasteiger partial charge on any atom is -0.511 e. The molecule has 0 aromatic heterocycles. The molecule has 1 unspecified atom stereocenters. The summed E-state index contributed by atoms with van der Waals surface area (Å²) in [5.41, 5.74) is 6.39. The summed E-state index contributed by atoms with van der Waals surface area (Å²) in [6.45, 7) is 6.46. The average Bonchev–Trinajstić information content (AvgIpc) is 2.67. The van der Waals surface area contributed by atoms with Gasteiger partial charge in [-0.05, 0) is 42.7 Å². The van der Waals surface area contributed by atoms with Gasteiger partial charge in [0, 0.05) is 18.3 Å². The molecule has 132 valence electrons. The van der Waals surface area contributed by atoms with Gasteiger partial charge in [-0.25, -0.2) is 4.79 Å². The zero-order valence-electron chi connectivity index (χ0n) is 14.8. The van der Waals surface area contributed by atoms with Crippen molar-refractivity contribution in [2.75, 3.05) is 0 Å². The Kier molecular flexibility index (Phi) is 5.86. The minimum absolute atomic E-state index is 0.0467. The lowest BCUT2D eigenvalue weighted by Crippen LogP contribution is -2.41. The van der Waals surface area contributed by atoms with Crippen LogP contribution in [0.5, 0.6) is 0 Å². The van der Waals surface area contributed by atoms with Crippen molar-refractivity contribution in [3.63, 3.8) is 0 Å². The zero-order chi connectivity index (χ0) is 17.7. The number of hydrogen-bond donors (Lipinski definition) is 3. The van der Waals surface area contributed by atoms with E-state index in [1.807, 2.05) is 18.4 Å². The van der Waals surface area contributed by atoms with Gasteiger partial charge in [-0.3, -0.25) is 4.99 Å². The van der Waals surface area contributed by atoms with Crippen LogP contribution in [-0.4, -0.2) is 29.4 Å². The number of nitrogens with two attached hydrogens (primary N) is 1. The third-order valence-electron chi connectivity index (χ3n) is 4.62. The second kappa shape index (κ2) is 7.69. The van der Waals surface area contributed by atoms with Crippen LogP contribution >= 0.6 is 0 Å². The van der Waals surface area contributed by atoms with Crippen molar-refractivity contribution in [1.29, 1.82) is 0 Å². The van der Waals surface area contributed by atoms with E-state index in [1.165, 1.54) is 5.57 Å². The molecule has 24 heavy (non-hydrogen) atoms. The predicted octanol–water partition coefficient (Wildman–Crippen LogP) is 3.64. The van der Waals surface area contributed by atoms with Crippen molar-refractivity contribution in [3.05, 3.63) is 35.6 Å². The smallest absolute Gasteiger partial charge is 0.312 e. The third-order valence-corrected chi connectivity index (χ3v) is 4.62. The second-order valence-corrected chi connectivity index (χ2v) is 7.66. The van der Waals surface area contributed by atoms with Gasteiger partial charge in [0.2, 0.25) is 0 Å². The fourth-order valence-corrected chi connectivity index (χ4v) is 3.06. The number of primary amides is 1. The van der Waals surface area contributed by atoms with Crippen molar-refractivity contribution in [2.45, 2.75) is 58.5 Å². The molecule has 4 N–H and O–H groups in total. The molecule has 5 nitrogen and oxygen atoms in total. The largest absolute Gasteiger partial charge is 0.511 e. The number of carbonyl (C=O) groups is 1. The summed E-state index contributed by atoms with van der Waals surface area (Å²) in [5, 5.41) is 13.0. The lowest BCUT2D eigenvalue weighted by Gasteiger charge is -2.26. The number of rotatable bonds is 3. The van der Waals surface area contributed by atoms with Crippen molar-refractivity contribution in [1.82, 2.24) is 5.32 Å². The van der Waals surface area contributed by atoms with Crippen LogP contribution < -0.4 is 11.1 Å². The van der Waals surface area contributed by atoms with Gasteiger partial charge in [0.15, 0.2) is 0 Å². The van der Waals surface area contributed by atoms with Crippen LogP contribution in [0.15, 0.2) is 40.6 Å². The summed E-state index contributed by atoms with van der Waals surface area (Å²) in [4.78, 5) is 15.5. The first-order valence-corrected chi connectivity index (χ1v) is 8.64. The first-order valence-electron chi connectivity index (χ1n) is 8.64. The summed E-state index contributed by atoms with van der Waals surface area (Å²) in [6, 6.07) is -0.0447. The summed E-state index contributed by atoms with van der Waals surface area (Å²) in [7, 11) is 0. The molecule has 0 heterocycles. The van der Waals surface area contributed by atoms with E-state index in [-0.39, 0.29) is 23.4 Å². The maximum absolute atomic E-state index is 10.9. The number of carbonyl (C=O) groups excluding carboxylic acids is 1. The standard InChI is InChI=1S/C19H29N3O2/c1-19(2,3)14-5-4-13(17(23)11-6-14)12-21-15-7-9-16(10-8-15)22-18(20)24/h4-6,11-13,15-16,23H,7-10H2,1-3H3,(H3,20,22,24)/b21-12+. The van der Waals surface area contributed by atoms with Gasteiger partial charge in [-0.15, -0.1) is 0 Å². The Labute approximate surface area is 144 Å². The molecule has 1 fully saturated rings. The molecule has 2 aliphatic carbocycles. The Morgan fingerprint density at radius 3 is 2.54 bits per heavy atom. The van der Waals surface area contributed by atoms with Crippen LogP contribution in [0.4, 0.5) is 4.79 Å². The van der Waals surface area contributed by atoms with Gasteiger partial charge in [-0.1, -0.05) is 39.0 Å². The fraction of sp³-hybridized carbons (Fsp3) is 0.579. The van der Waals surface area contributed by atoms with E-state index in [4.69, 9.17) is 5.73 Å². The van der Waals surface area contributed by atoms with Crippen molar-refractivity contribution < 1.29 is 9.90 Å². The van der Waals surface area contributed by atoms with Gasteiger partial charge < -0.3 is 16.2 Å². The van der Waals surface area contributed by atoms with Crippen LogP contribution in [0.25, 0.3) is 0 Å². The summed E-state index contributed by atoms with van der Waals surface area (Å²) >= 11 is 0. The van der Waals surface area contributed by atoms with E-state index in [9.17, 15) is 9.90 Å². The number of allylic oxidation sites excluding steroid dienone is 5. The molecule has 0 radical (unpaired) electrons. The molecule has 0 aromatic carbocycles. The molecule has 0 bridgehead atoms. The van der Waals surface area contributed by atoms with E-state index in [0.717, 1.165) is 25.7 Å². The van der Waals surface area contributed by atoms with Crippen LogP contribution in [-0.2, 0) is 0 Å². The molecule has 2 aliphatic rings. The number of aliphatic hydroxyl groups is 1. The van der Waals surface area contributed by atoms with Crippen molar-refractivity contribution in [3.8, 4) is 0 Å². The molecule has 0 spiro atoms. The maximum Gasteiger partial charge on any atom is 0.312 e. The third kappa shape index (κ3) is 5.25. The summed E-state index contributed by atoms with van der Waals surface area (Å²) < 4.78 is 0. The second-order valence-electron chi connectivity index (χ2n) is 7.66. The Morgan fingerprint density at radius 1 is 1.29 bits per heavy atom. The number of nitrogens with zero attached hydrogens (tertiary/aromatic N) is 1. The topological polar surface area (TPSA) is 87.7 Å². The molecular formula is C19H29N3O2. The highest BCUT2D eigenvalue weighted by Gasteiger charge is 2.22. The molecular weight excluding hydrogens is 302 g/mol. The molecule has 2 rings (SSSR count). The Balaban J connectivity index is 1.92. The van der Waals surface area contributed by atoms with Gasteiger partial charge in [0.1, 0.15) is 5.76 Å².